The summed E-state index contributed by atoms with van der Waals surface area (Å²) < 4.78 is 1.62. The lowest BCUT2D eigenvalue weighted by Crippen LogP contribution is -2.28. The number of pyridine rings is 2. The number of hydrogen-bond donors (Lipinski definition) is 2. The van der Waals surface area contributed by atoms with Crippen molar-refractivity contribution in [2.75, 3.05) is 0 Å². The lowest BCUT2D eigenvalue weighted by molar-refractivity contribution is 0.0936. The molecule has 1 atom stereocenters. The molecule has 0 aliphatic rings. The van der Waals surface area contributed by atoms with Gasteiger partial charge in [-0.15, -0.1) is 0 Å². The van der Waals surface area contributed by atoms with Crippen molar-refractivity contribution in [1.82, 2.24) is 25.0 Å². The molecule has 4 aromatic rings. The molecule has 7 heteroatoms. The summed E-state index contributed by atoms with van der Waals surface area (Å²) >= 11 is 0. The second-order valence-electron chi connectivity index (χ2n) is 6.85. The molecule has 0 saturated carbocycles. The minimum absolute atomic E-state index is 0.152. The maximum Gasteiger partial charge on any atom is 0.288 e. The highest BCUT2D eigenvalue weighted by Gasteiger charge is 2.22. The van der Waals surface area contributed by atoms with Crippen LogP contribution >= 0.6 is 0 Å². The van der Waals surface area contributed by atoms with E-state index in [9.17, 15) is 9.59 Å². The van der Waals surface area contributed by atoms with E-state index in [-0.39, 0.29) is 35.9 Å². The van der Waals surface area contributed by atoms with Gasteiger partial charge in [-0.25, -0.2) is 4.98 Å². The molecular formula is C23H21N5O2. The molecule has 0 fully saturated rings. The van der Waals surface area contributed by atoms with Crippen molar-refractivity contribution in [3.8, 4) is 0 Å². The van der Waals surface area contributed by atoms with Gasteiger partial charge in [-0.2, -0.15) is 0 Å². The second-order valence-corrected chi connectivity index (χ2v) is 6.85. The summed E-state index contributed by atoms with van der Waals surface area (Å²) in [7, 11) is 0. The van der Waals surface area contributed by atoms with Crippen LogP contribution in [0.5, 0.6) is 0 Å². The first-order valence-electron chi connectivity index (χ1n) is 9.64. The highest BCUT2D eigenvalue weighted by Crippen LogP contribution is 2.16. The van der Waals surface area contributed by atoms with Crippen molar-refractivity contribution in [2.45, 2.75) is 19.5 Å². The first-order chi connectivity index (χ1) is 14.6. The molecule has 3 heterocycles. The van der Waals surface area contributed by atoms with Crippen LogP contribution in [0.1, 0.15) is 45.3 Å². The number of benzene rings is 1. The molecule has 1 unspecified atom stereocenters. The van der Waals surface area contributed by atoms with Crippen LogP contribution in [0.15, 0.2) is 79.1 Å². The van der Waals surface area contributed by atoms with E-state index in [1.165, 1.54) is 0 Å². The summed E-state index contributed by atoms with van der Waals surface area (Å²) in [5.74, 6) is -0.560. The zero-order chi connectivity index (χ0) is 20.9. The Kier molecular flexibility index (Phi) is 5.52. The van der Waals surface area contributed by atoms with E-state index in [4.69, 9.17) is 0 Å². The number of hydrogen-bond acceptors (Lipinski definition) is 4. The van der Waals surface area contributed by atoms with Crippen LogP contribution in [0.2, 0.25) is 0 Å². The Morgan fingerprint density at radius 1 is 0.967 bits per heavy atom. The predicted octanol–water partition coefficient (Wildman–Crippen LogP) is 3.15. The smallest absolute Gasteiger partial charge is 0.288 e. The number of rotatable bonds is 6. The maximum absolute atomic E-state index is 12.9. The van der Waals surface area contributed by atoms with Gasteiger partial charge in [-0.3, -0.25) is 19.0 Å². The van der Waals surface area contributed by atoms with Gasteiger partial charge in [0.15, 0.2) is 5.69 Å². The van der Waals surface area contributed by atoms with Crippen molar-refractivity contribution < 1.29 is 9.59 Å². The third-order valence-electron chi connectivity index (χ3n) is 4.77. The van der Waals surface area contributed by atoms with Gasteiger partial charge >= 0.3 is 0 Å². The minimum atomic E-state index is -0.378. The van der Waals surface area contributed by atoms with Crippen LogP contribution in [-0.4, -0.2) is 26.2 Å². The third-order valence-corrected chi connectivity index (χ3v) is 4.77. The normalized spacial score (nSPS) is 11.8. The fraction of sp³-hybridized carbons (Fsp3) is 0.130. The molecule has 2 amide bonds. The van der Waals surface area contributed by atoms with E-state index in [1.54, 1.807) is 28.9 Å². The van der Waals surface area contributed by atoms with Gasteiger partial charge < -0.3 is 10.6 Å². The molecule has 30 heavy (non-hydrogen) atoms. The van der Waals surface area contributed by atoms with Crippen molar-refractivity contribution in [3.63, 3.8) is 0 Å². The molecule has 0 bridgehead atoms. The standard InChI is InChI=1S/C23H21N5O2/c1-16(17-9-3-2-4-10-17)26-22(29)20-19-12-6-8-14-28(19)21(27-20)23(30)25-15-18-11-5-7-13-24-18/h2-14,16H,15H2,1H3,(H,25,30)(H,26,29). The number of aromatic nitrogens is 3. The summed E-state index contributed by atoms with van der Waals surface area (Å²) in [5.41, 5.74) is 2.50. The Hall–Kier alpha value is -4.00. The van der Waals surface area contributed by atoms with Crippen molar-refractivity contribution >= 4 is 17.3 Å². The summed E-state index contributed by atoms with van der Waals surface area (Å²) in [6.45, 7) is 2.18. The number of carbonyl (C=O) groups excluding carboxylic acids is 2. The molecule has 3 aromatic heterocycles. The quantitative estimate of drug-likeness (QED) is 0.521. The van der Waals surface area contributed by atoms with E-state index in [1.807, 2.05) is 61.5 Å². The van der Waals surface area contributed by atoms with Gasteiger partial charge in [-0.05, 0) is 36.8 Å². The fourth-order valence-electron chi connectivity index (χ4n) is 3.21. The topological polar surface area (TPSA) is 88.4 Å². The third kappa shape index (κ3) is 4.05. The second kappa shape index (κ2) is 8.57. The van der Waals surface area contributed by atoms with Crippen LogP contribution in [0.4, 0.5) is 0 Å². The number of carbonyl (C=O) groups is 2. The van der Waals surface area contributed by atoms with E-state index in [2.05, 4.69) is 20.6 Å². The first-order valence-corrected chi connectivity index (χ1v) is 9.64. The average molecular weight is 399 g/mol. The Morgan fingerprint density at radius 3 is 2.50 bits per heavy atom. The molecule has 1 aromatic carbocycles. The number of amides is 2. The monoisotopic (exact) mass is 399 g/mol. The Balaban J connectivity index is 1.57. The molecule has 0 saturated heterocycles. The SMILES string of the molecule is CC(NC(=O)c1nc(C(=O)NCc2ccccn2)n2ccccc12)c1ccccc1. The highest BCUT2D eigenvalue weighted by molar-refractivity contribution is 6.02. The molecule has 2 N–H and O–H groups in total. The summed E-state index contributed by atoms with van der Waals surface area (Å²) in [4.78, 5) is 34.2. The molecule has 150 valence electrons. The zero-order valence-corrected chi connectivity index (χ0v) is 16.4. The molecule has 0 aliphatic heterocycles. The maximum atomic E-state index is 12.9. The molecule has 0 spiro atoms. The lowest BCUT2D eigenvalue weighted by Gasteiger charge is -2.13. The Morgan fingerprint density at radius 2 is 1.73 bits per heavy atom. The highest BCUT2D eigenvalue weighted by atomic mass is 16.2. The summed E-state index contributed by atoms with van der Waals surface area (Å²) in [6.07, 6.45) is 3.39. The van der Waals surface area contributed by atoms with Gasteiger partial charge in [0.05, 0.1) is 23.8 Å². The van der Waals surface area contributed by atoms with Gasteiger partial charge in [0.1, 0.15) is 0 Å². The van der Waals surface area contributed by atoms with E-state index in [0.29, 0.717) is 5.52 Å². The Bertz CT molecular complexity index is 1170. The van der Waals surface area contributed by atoms with Crippen molar-refractivity contribution in [1.29, 1.82) is 0 Å². The van der Waals surface area contributed by atoms with Crippen LogP contribution in [0.25, 0.3) is 5.52 Å². The van der Waals surface area contributed by atoms with Gasteiger partial charge in [-0.1, -0.05) is 42.5 Å². The zero-order valence-electron chi connectivity index (χ0n) is 16.4. The van der Waals surface area contributed by atoms with Crippen LogP contribution in [0, 0.1) is 0 Å². The fourth-order valence-corrected chi connectivity index (χ4v) is 3.21. The Labute approximate surface area is 173 Å². The van der Waals surface area contributed by atoms with Gasteiger partial charge in [0.2, 0.25) is 5.82 Å². The van der Waals surface area contributed by atoms with Crippen LogP contribution in [0.3, 0.4) is 0 Å². The first kappa shape index (κ1) is 19.3. The van der Waals surface area contributed by atoms with Crippen molar-refractivity contribution in [3.05, 3.63) is 102 Å². The number of imidazole rings is 1. The van der Waals surface area contributed by atoms with E-state index in [0.717, 1.165) is 11.3 Å². The van der Waals surface area contributed by atoms with Gasteiger partial charge in [0.25, 0.3) is 11.8 Å². The van der Waals surface area contributed by atoms with E-state index >= 15 is 0 Å². The van der Waals surface area contributed by atoms with Crippen LogP contribution in [-0.2, 0) is 6.54 Å². The predicted molar refractivity (Wildman–Crippen MR) is 113 cm³/mol. The van der Waals surface area contributed by atoms with E-state index < -0.39 is 0 Å². The van der Waals surface area contributed by atoms with Crippen LogP contribution < -0.4 is 10.6 Å². The molecule has 7 nitrogen and oxygen atoms in total. The molecule has 4 rings (SSSR count). The largest absolute Gasteiger partial charge is 0.344 e. The average Bonchev–Trinajstić information content (AvgIpc) is 3.19. The molecule has 0 radical (unpaired) electrons. The van der Waals surface area contributed by atoms with Gasteiger partial charge in [0, 0.05) is 12.4 Å². The number of nitrogens with zero attached hydrogens (tertiary/aromatic N) is 3. The van der Waals surface area contributed by atoms with Crippen molar-refractivity contribution in [2.24, 2.45) is 0 Å². The minimum Gasteiger partial charge on any atom is -0.344 e. The number of fused-ring (bicyclic) bond motifs is 1. The lowest BCUT2D eigenvalue weighted by atomic mass is 10.1. The summed E-state index contributed by atoms with van der Waals surface area (Å²) in [6, 6.07) is 20.4. The number of nitrogens with one attached hydrogen (secondary N) is 2. The molecular weight excluding hydrogens is 378 g/mol. The molecule has 0 aliphatic carbocycles. The summed E-state index contributed by atoms with van der Waals surface area (Å²) in [5, 5.41) is 5.77.